The Kier molecular flexibility index (Phi) is 6.47. The van der Waals surface area contributed by atoms with Crippen molar-refractivity contribution in [3.63, 3.8) is 0 Å². The number of carbonyl (C=O) groups is 3. The Bertz CT molecular complexity index is 1080. The first-order chi connectivity index (χ1) is 16.5. The summed E-state index contributed by atoms with van der Waals surface area (Å²) in [5.74, 6) is -0.321. The zero-order chi connectivity index (χ0) is 23.8. The minimum atomic E-state index is -0.305. The van der Waals surface area contributed by atoms with E-state index in [1.807, 2.05) is 48.5 Å². The average Bonchev–Trinajstić information content (AvgIpc) is 3.51. The third kappa shape index (κ3) is 4.04. The first-order valence-electron chi connectivity index (χ1n) is 12.5. The average molecular weight is 480 g/mol. The van der Waals surface area contributed by atoms with E-state index in [2.05, 4.69) is 4.90 Å². The molecule has 3 amide bonds. The number of amides is 3. The van der Waals surface area contributed by atoms with Crippen LogP contribution in [0, 0.1) is 5.92 Å². The van der Waals surface area contributed by atoms with Gasteiger partial charge in [0.15, 0.2) is 0 Å². The molecule has 0 unspecified atom stereocenters. The van der Waals surface area contributed by atoms with E-state index < -0.39 is 0 Å². The Hall–Kier alpha value is -2.67. The third-order valence-corrected chi connectivity index (χ3v) is 8.89. The first-order valence-corrected chi connectivity index (χ1v) is 13.4. The molecule has 0 spiro atoms. The van der Waals surface area contributed by atoms with E-state index in [9.17, 15) is 14.4 Å². The van der Waals surface area contributed by atoms with Crippen LogP contribution in [-0.4, -0.2) is 53.7 Å². The predicted molar refractivity (Wildman–Crippen MR) is 134 cm³/mol. The topological polar surface area (TPSA) is 60.9 Å². The van der Waals surface area contributed by atoms with Crippen molar-refractivity contribution in [2.24, 2.45) is 5.92 Å². The zero-order valence-corrected chi connectivity index (χ0v) is 20.9. The number of fused-ring (bicyclic) bond motifs is 1. The predicted octanol–water partition coefficient (Wildman–Crippen LogP) is 5.11. The van der Waals surface area contributed by atoms with Gasteiger partial charge >= 0.3 is 0 Å². The summed E-state index contributed by atoms with van der Waals surface area (Å²) < 4.78 is 0. The molecule has 2 fully saturated rings. The zero-order valence-electron chi connectivity index (χ0n) is 20.0. The first kappa shape index (κ1) is 23.1. The molecule has 5 rings (SSSR count). The van der Waals surface area contributed by atoms with Gasteiger partial charge in [-0.1, -0.05) is 31.4 Å². The highest BCUT2D eigenvalue weighted by molar-refractivity contribution is 7.10. The maximum atomic E-state index is 13.5. The lowest BCUT2D eigenvalue weighted by Crippen LogP contribution is -2.47. The van der Waals surface area contributed by atoms with Gasteiger partial charge in [-0.05, 0) is 56.2 Å². The summed E-state index contributed by atoms with van der Waals surface area (Å²) in [5, 5.41) is 1.96. The molecule has 1 aliphatic carbocycles. The molecule has 3 aliphatic rings. The summed E-state index contributed by atoms with van der Waals surface area (Å²) in [5.41, 5.74) is 1.75. The van der Waals surface area contributed by atoms with Crippen LogP contribution < -0.4 is 4.90 Å². The van der Waals surface area contributed by atoms with Gasteiger partial charge in [0.1, 0.15) is 0 Å². The van der Waals surface area contributed by atoms with Crippen LogP contribution >= 0.6 is 11.3 Å². The lowest BCUT2D eigenvalue weighted by atomic mass is 9.91. The number of hydrogen-bond acceptors (Lipinski definition) is 5. The fourth-order valence-electron chi connectivity index (χ4n) is 5.89. The summed E-state index contributed by atoms with van der Waals surface area (Å²) >= 11 is 1.55. The van der Waals surface area contributed by atoms with Crippen LogP contribution in [0.4, 0.5) is 5.69 Å². The number of rotatable bonds is 5. The third-order valence-electron chi connectivity index (χ3n) is 7.85. The monoisotopic (exact) mass is 479 g/mol. The van der Waals surface area contributed by atoms with E-state index in [1.165, 1.54) is 24.2 Å². The fourth-order valence-corrected chi connectivity index (χ4v) is 6.66. The van der Waals surface area contributed by atoms with Crippen LogP contribution in [0.3, 0.4) is 0 Å². The van der Waals surface area contributed by atoms with Gasteiger partial charge in [0.25, 0.3) is 11.8 Å². The SMILES string of the molecule is C[C@@H](c1cccs1)N1C(=O)c2cccc(N3CCC[C@H](C(=O)N(C)C4CCCCC4)C3)c2C1=O. The molecule has 2 aliphatic heterocycles. The summed E-state index contributed by atoms with van der Waals surface area (Å²) in [7, 11) is 1.96. The normalized spacial score (nSPS) is 22.1. The molecule has 0 N–H and O–H groups in total. The van der Waals surface area contributed by atoms with Gasteiger partial charge in [-0.15, -0.1) is 11.3 Å². The number of anilines is 1. The van der Waals surface area contributed by atoms with Crippen LogP contribution in [0.25, 0.3) is 0 Å². The van der Waals surface area contributed by atoms with Gasteiger partial charge in [0.05, 0.1) is 28.8 Å². The summed E-state index contributed by atoms with van der Waals surface area (Å²) in [6.07, 6.45) is 7.63. The van der Waals surface area contributed by atoms with Crippen molar-refractivity contribution in [1.82, 2.24) is 9.80 Å². The lowest BCUT2D eigenvalue weighted by molar-refractivity contribution is -0.137. The van der Waals surface area contributed by atoms with E-state index in [0.717, 1.165) is 42.8 Å². The van der Waals surface area contributed by atoms with E-state index in [0.29, 0.717) is 23.7 Å². The van der Waals surface area contributed by atoms with Crippen LogP contribution in [0.15, 0.2) is 35.7 Å². The number of carbonyl (C=O) groups excluding carboxylic acids is 3. The van der Waals surface area contributed by atoms with Crippen molar-refractivity contribution in [3.8, 4) is 0 Å². The molecule has 34 heavy (non-hydrogen) atoms. The van der Waals surface area contributed by atoms with Crippen LogP contribution in [0.2, 0.25) is 0 Å². The van der Waals surface area contributed by atoms with Crippen molar-refractivity contribution in [2.75, 3.05) is 25.0 Å². The van der Waals surface area contributed by atoms with Gasteiger partial charge in [-0.25, -0.2) is 0 Å². The van der Waals surface area contributed by atoms with E-state index in [4.69, 9.17) is 0 Å². The summed E-state index contributed by atoms with van der Waals surface area (Å²) in [6.45, 7) is 3.29. The molecule has 180 valence electrons. The van der Waals surface area contributed by atoms with E-state index in [1.54, 1.807) is 17.4 Å². The molecule has 3 heterocycles. The second kappa shape index (κ2) is 9.53. The Morgan fingerprint density at radius 3 is 2.56 bits per heavy atom. The Labute approximate surface area is 205 Å². The smallest absolute Gasteiger partial charge is 0.264 e. The van der Waals surface area contributed by atoms with E-state index in [-0.39, 0.29) is 29.7 Å². The van der Waals surface area contributed by atoms with Crippen LogP contribution in [0.5, 0.6) is 0 Å². The molecule has 1 saturated carbocycles. The maximum Gasteiger partial charge on any atom is 0.264 e. The summed E-state index contributed by atoms with van der Waals surface area (Å²) in [6, 6.07) is 9.49. The number of imide groups is 1. The Morgan fingerprint density at radius 2 is 1.82 bits per heavy atom. The number of piperidine rings is 1. The van der Waals surface area contributed by atoms with Crippen molar-refractivity contribution < 1.29 is 14.4 Å². The van der Waals surface area contributed by atoms with Crippen molar-refractivity contribution in [2.45, 2.75) is 64.0 Å². The molecular weight excluding hydrogens is 446 g/mol. The molecule has 2 atom stereocenters. The molecule has 2 aromatic rings. The standard InChI is InChI=1S/C27H33N3O3S/c1-18(23-14-8-16-34-23)30-26(32)21-12-6-13-22(24(21)27(30)33)29-15-7-9-19(17-29)25(31)28(2)20-10-4-3-5-11-20/h6,8,12-14,16,18-20H,3-5,7,9-11,15,17H2,1-2H3/t18-,19-/m0/s1. The number of hydrogen-bond donors (Lipinski definition) is 0. The van der Waals surface area contributed by atoms with Crippen molar-refractivity contribution >= 4 is 34.7 Å². The molecule has 7 heteroatoms. The van der Waals surface area contributed by atoms with Gasteiger partial charge in [0.2, 0.25) is 5.91 Å². The van der Waals surface area contributed by atoms with Crippen molar-refractivity contribution in [1.29, 1.82) is 0 Å². The summed E-state index contributed by atoms with van der Waals surface area (Å²) in [4.78, 5) is 46.7. The molecular formula is C27H33N3O3S. The highest BCUT2D eigenvalue weighted by Gasteiger charge is 2.42. The van der Waals surface area contributed by atoms with Gasteiger partial charge in [0, 0.05) is 31.1 Å². The maximum absolute atomic E-state index is 13.5. The number of nitrogens with zero attached hydrogens (tertiary/aromatic N) is 3. The fraction of sp³-hybridized carbons (Fsp3) is 0.519. The van der Waals surface area contributed by atoms with Crippen molar-refractivity contribution in [3.05, 3.63) is 51.7 Å². The largest absolute Gasteiger partial charge is 0.370 e. The van der Waals surface area contributed by atoms with Gasteiger partial charge in [-0.3, -0.25) is 19.3 Å². The minimum absolute atomic E-state index is 0.0788. The minimum Gasteiger partial charge on any atom is -0.370 e. The molecule has 6 nitrogen and oxygen atoms in total. The number of thiophene rings is 1. The molecule has 1 aromatic carbocycles. The van der Waals surface area contributed by atoms with Crippen LogP contribution in [-0.2, 0) is 4.79 Å². The highest BCUT2D eigenvalue weighted by Crippen LogP contribution is 2.38. The Morgan fingerprint density at radius 1 is 1.03 bits per heavy atom. The molecule has 1 saturated heterocycles. The van der Waals surface area contributed by atoms with Crippen LogP contribution in [0.1, 0.15) is 83.5 Å². The van der Waals surface area contributed by atoms with E-state index >= 15 is 0 Å². The molecule has 0 radical (unpaired) electrons. The van der Waals surface area contributed by atoms with Gasteiger partial charge < -0.3 is 9.80 Å². The molecule has 0 bridgehead atoms. The second-order valence-electron chi connectivity index (χ2n) is 9.90. The molecule has 1 aromatic heterocycles. The highest BCUT2D eigenvalue weighted by atomic mass is 32.1. The second-order valence-corrected chi connectivity index (χ2v) is 10.9. The lowest BCUT2D eigenvalue weighted by Gasteiger charge is -2.38. The number of benzene rings is 1. The quantitative estimate of drug-likeness (QED) is 0.559. The Balaban J connectivity index is 1.37. The van der Waals surface area contributed by atoms with Gasteiger partial charge in [-0.2, -0.15) is 0 Å².